The van der Waals surface area contributed by atoms with E-state index in [0.29, 0.717) is 27.7 Å². The number of non-ortho nitro benzene ring substituents is 1. The van der Waals surface area contributed by atoms with E-state index in [4.69, 9.17) is 21.7 Å². The van der Waals surface area contributed by atoms with Crippen molar-refractivity contribution in [1.29, 1.82) is 0 Å². The second-order valence-corrected chi connectivity index (χ2v) is 6.53. The van der Waals surface area contributed by atoms with Crippen LogP contribution in [0.25, 0.3) is 5.70 Å². The molecule has 1 unspecified atom stereocenters. The average molecular weight is 413 g/mol. The molecule has 2 aromatic rings. The Balaban J connectivity index is 2.13. The Morgan fingerprint density at radius 3 is 2.38 bits per heavy atom. The van der Waals surface area contributed by atoms with Gasteiger partial charge in [-0.1, -0.05) is 12.1 Å². The first kappa shape index (κ1) is 20.3. The highest BCUT2D eigenvalue weighted by molar-refractivity contribution is 7.80. The molecule has 0 saturated heterocycles. The molecule has 1 atom stereocenters. The number of esters is 1. The lowest BCUT2D eigenvalue weighted by molar-refractivity contribution is -0.384. The van der Waals surface area contributed by atoms with Crippen LogP contribution in [-0.4, -0.2) is 29.7 Å². The van der Waals surface area contributed by atoms with Crippen LogP contribution in [0.15, 0.2) is 54.1 Å². The van der Waals surface area contributed by atoms with Crippen molar-refractivity contribution in [2.75, 3.05) is 13.7 Å². The number of carbonyl (C=O) groups is 1. The standard InChI is InChI=1S/C20H19N3O5S/c1-3-28-19(24)16-17(12-4-8-14(9-5-12)23(25)26)21-20(29)22-18(16)13-6-10-15(27-2)11-7-13/h4-11,18H,3H2,1-2H3,(H2,21,22,29). The van der Waals surface area contributed by atoms with E-state index in [1.165, 1.54) is 12.1 Å². The molecule has 2 N–H and O–H groups in total. The van der Waals surface area contributed by atoms with Crippen LogP contribution >= 0.6 is 12.2 Å². The number of benzene rings is 2. The number of nitro benzene ring substituents is 1. The molecule has 9 heteroatoms. The van der Waals surface area contributed by atoms with Gasteiger partial charge < -0.3 is 20.1 Å². The lowest BCUT2D eigenvalue weighted by Gasteiger charge is -2.31. The van der Waals surface area contributed by atoms with E-state index < -0.39 is 16.9 Å². The van der Waals surface area contributed by atoms with Crippen LogP contribution in [0.1, 0.15) is 24.1 Å². The molecule has 2 aromatic carbocycles. The zero-order valence-corrected chi connectivity index (χ0v) is 16.6. The summed E-state index contributed by atoms with van der Waals surface area (Å²) in [6, 6.07) is 12.6. The molecule has 0 radical (unpaired) electrons. The Bertz CT molecular complexity index is 971. The molecule has 1 aliphatic heterocycles. The number of nitrogens with one attached hydrogen (secondary N) is 2. The molecular weight excluding hydrogens is 394 g/mol. The van der Waals surface area contributed by atoms with Crippen LogP contribution in [0.4, 0.5) is 5.69 Å². The summed E-state index contributed by atoms with van der Waals surface area (Å²) in [4.78, 5) is 23.3. The fourth-order valence-electron chi connectivity index (χ4n) is 3.02. The maximum absolute atomic E-state index is 12.8. The topological polar surface area (TPSA) is 103 Å². The summed E-state index contributed by atoms with van der Waals surface area (Å²) in [5, 5.41) is 17.4. The van der Waals surface area contributed by atoms with Crippen molar-refractivity contribution in [1.82, 2.24) is 10.6 Å². The minimum atomic E-state index is -0.557. The van der Waals surface area contributed by atoms with Gasteiger partial charge in [-0.3, -0.25) is 10.1 Å². The molecule has 1 heterocycles. The van der Waals surface area contributed by atoms with E-state index in [0.717, 1.165) is 5.56 Å². The van der Waals surface area contributed by atoms with Gasteiger partial charge in [0.1, 0.15) is 5.75 Å². The van der Waals surface area contributed by atoms with Crippen LogP contribution in [0, 0.1) is 10.1 Å². The van der Waals surface area contributed by atoms with E-state index in [1.807, 2.05) is 12.1 Å². The van der Waals surface area contributed by atoms with Crippen molar-refractivity contribution in [2.45, 2.75) is 13.0 Å². The molecule has 0 aromatic heterocycles. The number of rotatable bonds is 6. The first-order valence-corrected chi connectivity index (χ1v) is 9.23. The number of hydrogen-bond donors (Lipinski definition) is 2. The summed E-state index contributed by atoms with van der Waals surface area (Å²) in [5.74, 6) is 0.173. The van der Waals surface area contributed by atoms with Gasteiger partial charge in [-0.15, -0.1) is 0 Å². The van der Waals surface area contributed by atoms with Gasteiger partial charge in [-0.25, -0.2) is 4.79 Å². The minimum absolute atomic E-state index is 0.0461. The number of methoxy groups -OCH3 is 1. The summed E-state index contributed by atoms with van der Waals surface area (Å²) in [5.41, 5.74) is 2.11. The van der Waals surface area contributed by atoms with E-state index in [-0.39, 0.29) is 12.3 Å². The molecule has 29 heavy (non-hydrogen) atoms. The average Bonchev–Trinajstić information content (AvgIpc) is 2.73. The molecule has 0 fully saturated rings. The van der Waals surface area contributed by atoms with Crippen molar-refractivity contribution >= 4 is 34.7 Å². The second-order valence-electron chi connectivity index (χ2n) is 6.12. The molecule has 3 rings (SSSR count). The predicted molar refractivity (Wildman–Crippen MR) is 111 cm³/mol. The maximum Gasteiger partial charge on any atom is 0.338 e. The normalized spacial score (nSPS) is 15.9. The smallest absolute Gasteiger partial charge is 0.338 e. The van der Waals surface area contributed by atoms with Crippen LogP contribution in [0.3, 0.4) is 0 Å². The molecule has 150 valence electrons. The van der Waals surface area contributed by atoms with Crippen molar-refractivity contribution < 1.29 is 19.2 Å². The largest absolute Gasteiger partial charge is 0.497 e. The lowest BCUT2D eigenvalue weighted by atomic mass is 9.92. The third-order valence-corrected chi connectivity index (χ3v) is 4.60. The van der Waals surface area contributed by atoms with E-state index in [1.54, 1.807) is 38.3 Å². The lowest BCUT2D eigenvalue weighted by Crippen LogP contribution is -2.45. The number of nitro groups is 1. The van der Waals surface area contributed by atoms with Crippen LogP contribution < -0.4 is 15.4 Å². The fraction of sp³-hybridized carbons (Fsp3) is 0.200. The van der Waals surface area contributed by atoms with Gasteiger partial charge in [0.15, 0.2) is 5.11 Å². The monoisotopic (exact) mass is 413 g/mol. The minimum Gasteiger partial charge on any atom is -0.497 e. The summed E-state index contributed by atoms with van der Waals surface area (Å²) >= 11 is 5.34. The maximum atomic E-state index is 12.8. The number of thiocarbonyl (C=S) groups is 1. The highest BCUT2D eigenvalue weighted by Gasteiger charge is 2.33. The van der Waals surface area contributed by atoms with Gasteiger partial charge >= 0.3 is 5.97 Å². The molecule has 0 amide bonds. The summed E-state index contributed by atoms with van der Waals surface area (Å²) in [6.45, 7) is 1.93. The van der Waals surface area contributed by atoms with Crippen molar-refractivity contribution in [2.24, 2.45) is 0 Å². The molecule has 0 saturated carbocycles. The molecular formula is C20H19N3O5S. The summed E-state index contributed by atoms with van der Waals surface area (Å²) < 4.78 is 10.5. The quantitative estimate of drug-likeness (QED) is 0.322. The van der Waals surface area contributed by atoms with Gasteiger partial charge in [-0.05, 0) is 54.5 Å². The first-order chi connectivity index (χ1) is 13.9. The number of carbonyl (C=O) groups excluding carboxylic acids is 1. The van der Waals surface area contributed by atoms with Crippen molar-refractivity contribution in [3.05, 3.63) is 75.3 Å². The Hall–Kier alpha value is -3.46. The molecule has 8 nitrogen and oxygen atoms in total. The van der Waals surface area contributed by atoms with Gasteiger partial charge in [0.25, 0.3) is 5.69 Å². The van der Waals surface area contributed by atoms with Gasteiger partial charge in [0, 0.05) is 12.1 Å². The van der Waals surface area contributed by atoms with Gasteiger partial charge in [-0.2, -0.15) is 0 Å². The Morgan fingerprint density at radius 1 is 1.17 bits per heavy atom. The third kappa shape index (κ3) is 4.35. The first-order valence-electron chi connectivity index (χ1n) is 8.82. The van der Waals surface area contributed by atoms with Gasteiger partial charge in [0.05, 0.1) is 36.0 Å². The zero-order valence-electron chi connectivity index (χ0n) is 15.8. The summed E-state index contributed by atoms with van der Waals surface area (Å²) in [6.07, 6.45) is 0. The van der Waals surface area contributed by atoms with Crippen molar-refractivity contribution in [3.8, 4) is 5.75 Å². The SMILES string of the molecule is CCOC(=O)C1=C(c2ccc([N+](=O)[O-])cc2)NC(=S)NC1c1ccc(OC)cc1. The fourth-order valence-corrected chi connectivity index (χ4v) is 3.24. The highest BCUT2D eigenvalue weighted by atomic mass is 32.1. The number of hydrogen-bond acceptors (Lipinski definition) is 6. The van der Waals surface area contributed by atoms with Crippen molar-refractivity contribution in [3.63, 3.8) is 0 Å². The Kier molecular flexibility index (Phi) is 6.08. The van der Waals surface area contributed by atoms with Gasteiger partial charge in [0.2, 0.25) is 0 Å². The molecule has 1 aliphatic rings. The van der Waals surface area contributed by atoms with E-state index in [9.17, 15) is 14.9 Å². The van der Waals surface area contributed by atoms with E-state index >= 15 is 0 Å². The summed E-state index contributed by atoms with van der Waals surface area (Å²) in [7, 11) is 1.57. The van der Waals surface area contributed by atoms with E-state index in [2.05, 4.69) is 10.6 Å². The van der Waals surface area contributed by atoms with Crippen LogP contribution in [-0.2, 0) is 9.53 Å². The molecule has 0 spiro atoms. The molecule has 0 bridgehead atoms. The second kappa shape index (κ2) is 8.70. The zero-order chi connectivity index (χ0) is 21.0. The Labute approximate surface area is 172 Å². The molecule has 0 aliphatic carbocycles. The van der Waals surface area contributed by atoms with Crippen LogP contribution in [0.5, 0.6) is 5.75 Å². The highest BCUT2D eigenvalue weighted by Crippen LogP contribution is 2.33. The number of ether oxygens (including phenoxy) is 2. The Morgan fingerprint density at radius 2 is 1.83 bits per heavy atom. The predicted octanol–water partition coefficient (Wildman–Crippen LogP) is 3.10. The van der Waals surface area contributed by atoms with Crippen LogP contribution in [0.2, 0.25) is 0 Å². The third-order valence-electron chi connectivity index (χ3n) is 4.38. The number of nitrogens with zero attached hydrogens (tertiary/aromatic N) is 1.